The Balaban J connectivity index is 1.37. The predicted molar refractivity (Wildman–Crippen MR) is 148 cm³/mol. The molecule has 1 aliphatic rings. The van der Waals surface area contributed by atoms with Crippen molar-refractivity contribution in [2.75, 3.05) is 6.54 Å². The smallest absolute Gasteiger partial charge is 0.242 e. The fourth-order valence-electron chi connectivity index (χ4n) is 4.20. The van der Waals surface area contributed by atoms with Crippen molar-refractivity contribution in [1.29, 1.82) is 0 Å². The summed E-state index contributed by atoms with van der Waals surface area (Å²) in [6.45, 7) is 2.58. The quantitative estimate of drug-likeness (QED) is 0.349. The SMILES string of the molecule is CC(C(=O)NCCc1ccccc1)N(Cc1ccccc1)C(=O)CCc1ccc(S(=O)(=O)NC2CC2)cc1. The lowest BCUT2D eigenvalue weighted by molar-refractivity contribution is -0.140. The molecule has 7 nitrogen and oxygen atoms in total. The summed E-state index contributed by atoms with van der Waals surface area (Å²) in [4.78, 5) is 28.2. The fraction of sp³-hybridized carbons (Fsp3) is 0.333. The van der Waals surface area contributed by atoms with E-state index in [1.54, 1.807) is 36.1 Å². The molecule has 0 spiro atoms. The highest BCUT2D eigenvalue weighted by molar-refractivity contribution is 7.89. The number of aryl methyl sites for hydroxylation is 1. The van der Waals surface area contributed by atoms with E-state index in [0.717, 1.165) is 29.5 Å². The summed E-state index contributed by atoms with van der Waals surface area (Å²) in [5.41, 5.74) is 2.95. The van der Waals surface area contributed by atoms with Gasteiger partial charge < -0.3 is 10.2 Å². The van der Waals surface area contributed by atoms with Crippen LogP contribution in [0.15, 0.2) is 89.8 Å². The summed E-state index contributed by atoms with van der Waals surface area (Å²) >= 11 is 0. The molecule has 1 fully saturated rings. The van der Waals surface area contributed by atoms with Crippen LogP contribution in [0.1, 0.15) is 42.9 Å². The molecule has 1 unspecified atom stereocenters. The van der Waals surface area contributed by atoms with Crippen molar-refractivity contribution in [3.8, 4) is 0 Å². The second kappa shape index (κ2) is 12.8. The van der Waals surface area contributed by atoms with Crippen molar-refractivity contribution < 1.29 is 18.0 Å². The molecule has 0 aliphatic heterocycles. The van der Waals surface area contributed by atoms with E-state index in [1.165, 1.54) is 0 Å². The zero-order chi connectivity index (χ0) is 27.0. The van der Waals surface area contributed by atoms with E-state index in [1.807, 2.05) is 60.7 Å². The molecule has 0 aromatic heterocycles. The van der Waals surface area contributed by atoms with Crippen LogP contribution in [0.3, 0.4) is 0 Å². The average Bonchev–Trinajstić information content (AvgIpc) is 3.74. The Morgan fingerprint density at radius 3 is 2.03 bits per heavy atom. The highest BCUT2D eigenvalue weighted by Crippen LogP contribution is 2.22. The molecule has 1 aliphatic carbocycles. The molecule has 200 valence electrons. The lowest BCUT2D eigenvalue weighted by Crippen LogP contribution is -2.48. The van der Waals surface area contributed by atoms with Gasteiger partial charge in [-0.25, -0.2) is 13.1 Å². The van der Waals surface area contributed by atoms with E-state index in [-0.39, 0.29) is 29.2 Å². The van der Waals surface area contributed by atoms with Crippen molar-refractivity contribution in [2.45, 2.75) is 62.6 Å². The van der Waals surface area contributed by atoms with Crippen LogP contribution < -0.4 is 10.0 Å². The fourth-order valence-corrected chi connectivity index (χ4v) is 5.51. The lowest BCUT2D eigenvalue weighted by atomic mass is 10.1. The van der Waals surface area contributed by atoms with Crippen molar-refractivity contribution >= 4 is 21.8 Å². The number of hydrogen-bond acceptors (Lipinski definition) is 4. The standard InChI is InChI=1S/C30H35N3O4S/c1-23(30(35)31-21-20-24-8-4-2-5-9-24)33(22-26-10-6-3-7-11-26)29(34)19-14-25-12-17-28(18-13-25)38(36,37)32-27-15-16-27/h2-13,17-18,23,27,32H,14-16,19-22H2,1H3,(H,31,35). The van der Waals surface area contributed by atoms with Gasteiger partial charge in [0, 0.05) is 25.6 Å². The van der Waals surface area contributed by atoms with Crippen molar-refractivity contribution in [3.05, 3.63) is 102 Å². The summed E-state index contributed by atoms with van der Waals surface area (Å²) < 4.78 is 27.5. The number of amides is 2. The van der Waals surface area contributed by atoms with Gasteiger partial charge in [-0.2, -0.15) is 0 Å². The maximum Gasteiger partial charge on any atom is 0.242 e. The summed E-state index contributed by atoms with van der Waals surface area (Å²) in [6.07, 6.45) is 3.13. The van der Waals surface area contributed by atoms with Gasteiger partial charge in [-0.1, -0.05) is 72.8 Å². The third-order valence-corrected chi connectivity index (χ3v) is 8.22. The van der Waals surface area contributed by atoms with Crippen molar-refractivity contribution in [1.82, 2.24) is 14.9 Å². The number of carbonyl (C=O) groups excluding carboxylic acids is 2. The third-order valence-electron chi connectivity index (χ3n) is 6.68. The first-order valence-electron chi connectivity index (χ1n) is 13.1. The van der Waals surface area contributed by atoms with Crippen molar-refractivity contribution in [3.63, 3.8) is 0 Å². The first-order chi connectivity index (χ1) is 18.3. The predicted octanol–water partition coefficient (Wildman–Crippen LogP) is 3.84. The molecule has 0 heterocycles. The molecular formula is C30H35N3O4S. The number of hydrogen-bond donors (Lipinski definition) is 2. The van der Waals surface area contributed by atoms with Gasteiger partial charge >= 0.3 is 0 Å². The number of sulfonamides is 1. The zero-order valence-corrected chi connectivity index (χ0v) is 22.5. The molecule has 0 bridgehead atoms. The minimum absolute atomic E-state index is 0.0467. The minimum atomic E-state index is -3.51. The van der Waals surface area contributed by atoms with Gasteiger partial charge in [-0.05, 0) is 61.4 Å². The van der Waals surface area contributed by atoms with Crippen LogP contribution in [0.25, 0.3) is 0 Å². The first kappa shape index (κ1) is 27.5. The number of rotatable bonds is 13. The van der Waals surface area contributed by atoms with E-state index >= 15 is 0 Å². The number of benzene rings is 3. The molecule has 38 heavy (non-hydrogen) atoms. The Morgan fingerprint density at radius 1 is 0.842 bits per heavy atom. The zero-order valence-electron chi connectivity index (χ0n) is 21.7. The Bertz CT molecular complexity index is 1310. The van der Waals surface area contributed by atoms with Crippen LogP contribution in [0, 0.1) is 0 Å². The molecular weight excluding hydrogens is 498 g/mol. The molecule has 8 heteroatoms. The molecule has 1 saturated carbocycles. The maximum atomic E-state index is 13.4. The van der Waals surface area contributed by atoms with Crippen LogP contribution in [0.4, 0.5) is 0 Å². The minimum Gasteiger partial charge on any atom is -0.354 e. The number of carbonyl (C=O) groups is 2. The lowest BCUT2D eigenvalue weighted by Gasteiger charge is -2.29. The van der Waals surface area contributed by atoms with Gasteiger partial charge in [0.05, 0.1) is 4.90 Å². The first-order valence-corrected chi connectivity index (χ1v) is 14.6. The Morgan fingerprint density at radius 2 is 1.42 bits per heavy atom. The van der Waals surface area contributed by atoms with Crippen LogP contribution in [0.2, 0.25) is 0 Å². The van der Waals surface area contributed by atoms with Crippen LogP contribution >= 0.6 is 0 Å². The molecule has 4 rings (SSSR count). The summed E-state index contributed by atoms with van der Waals surface area (Å²) in [5.74, 6) is -0.324. The number of nitrogens with one attached hydrogen (secondary N) is 2. The van der Waals surface area contributed by atoms with Gasteiger partial charge in [0.2, 0.25) is 21.8 Å². The molecule has 3 aromatic carbocycles. The molecule has 0 radical (unpaired) electrons. The monoisotopic (exact) mass is 533 g/mol. The topological polar surface area (TPSA) is 95.6 Å². The highest BCUT2D eigenvalue weighted by atomic mass is 32.2. The molecule has 2 N–H and O–H groups in total. The van der Waals surface area contributed by atoms with Gasteiger partial charge in [0.15, 0.2) is 0 Å². The molecule has 3 aromatic rings. The average molecular weight is 534 g/mol. The van der Waals surface area contributed by atoms with Gasteiger partial charge in [0.1, 0.15) is 6.04 Å². The molecule has 0 saturated heterocycles. The second-order valence-electron chi connectivity index (χ2n) is 9.75. The van der Waals surface area contributed by atoms with Gasteiger partial charge in [-0.3, -0.25) is 9.59 Å². The highest BCUT2D eigenvalue weighted by Gasteiger charge is 2.28. The van der Waals surface area contributed by atoms with Crippen LogP contribution in [0.5, 0.6) is 0 Å². The van der Waals surface area contributed by atoms with E-state index < -0.39 is 16.1 Å². The summed E-state index contributed by atoms with van der Waals surface area (Å²) in [7, 11) is -3.51. The third kappa shape index (κ3) is 8.00. The second-order valence-corrected chi connectivity index (χ2v) is 11.5. The summed E-state index contributed by atoms with van der Waals surface area (Å²) in [6, 6.07) is 25.6. The van der Waals surface area contributed by atoms with Crippen molar-refractivity contribution in [2.24, 2.45) is 0 Å². The largest absolute Gasteiger partial charge is 0.354 e. The van der Waals surface area contributed by atoms with E-state index in [2.05, 4.69) is 10.0 Å². The van der Waals surface area contributed by atoms with Crippen LogP contribution in [-0.2, 0) is 39.0 Å². The van der Waals surface area contributed by atoms with E-state index in [4.69, 9.17) is 0 Å². The summed E-state index contributed by atoms with van der Waals surface area (Å²) in [5, 5.41) is 2.97. The normalized spacial score (nSPS) is 14.0. The van der Waals surface area contributed by atoms with Gasteiger partial charge in [0.25, 0.3) is 0 Å². The Labute approximate surface area is 225 Å². The van der Waals surface area contributed by atoms with E-state index in [9.17, 15) is 18.0 Å². The van der Waals surface area contributed by atoms with Crippen LogP contribution in [-0.4, -0.2) is 43.8 Å². The number of nitrogens with zero attached hydrogens (tertiary/aromatic N) is 1. The molecule has 1 atom stereocenters. The van der Waals surface area contributed by atoms with Gasteiger partial charge in [-0.15, -0.1) is 0 Å². The maximum absolute atomic E-state index is 13.4. The molecule has 2 amide bonds. The Hall–Kier alpha value is -3.49. The van der Waals surface area contributed by atoms with E-state index in [0.29, 0.717) is 25.9 Å². The Kier molecular flexibility index (Phi) is 9.31.